The molecule has 2 heterocycles. The zero-order chi connectivity index (χ0) is 20.9. The number of nitrogens with zero attached hydrogens (tertiary/aromatic N) is 2. The molecule has 7 nitrogen and oxygen atoms in total. The van der Waals surface area contributed by atoms with Crippen LogP contribution < -0.4 is 10.6 Å². The summed E-state index contributed by atoms with van der Waals surface area (Å²) in [4.78, 5) is 25.1. The van der Waals surface area contributed by atoms with Crippen LogP contribution >= 0.6 is 11.8 Å². The summed E-state index contributed by atoms with van der Waals surface area (Å²) in [6.07, 6.45) is 0.258. The van der Waals surface area contributed by atoms with Gasteiger partial charge in [0.05, 0.1) is 18.7 Å². The van der Waals surface area contributed by atoms with Crippen LogP contribution in [0.15, 0.2) is 42.5 Å². The smallest absolute Gasteiger partial charge is 0.241 e. The van der Waals surface area contributed by atoms with Crippen LogP contribution in [0.25, 0.3) is 10.8 Å². The average Bonchev–Trinajstić information content (AvgIpc) is 3.31. The first kappa shape index (κ1) is 20.4. The molecule has 0 radical (unpaired) electrons. The van der Waals surface area contributed by atoms with Gasteiger partial charge < -0.3 is 15.4 Å². The highest BCUT2D eigenvalue weighted by atomic mass is 32.2. The maximum atomic E-state index is 12.9. The SMILES string of the molecule is COCCNC(=O)Cn1nc2c(c1NC(=O)Cc1cccc3ccccc13)CSC2. The van der Waals surface area contributed by atoms with E-state index < -0.39 is 0 Å². The molecule has 156 valence electrons. The van der Waals surface area contributed by atoms with Crippen molar-refractivity contribution in [2.45, 2.75) is 24.5 Å². The van der Waals surface area contributed by atoms with Crippen LogP contribution in [0.5, 0.6) is 0 Å². The lowest BCUT2D eigenvalue weighted by Gasteiger charge is -2.12. The van der Waals surface area contributed by atoms with Crippen molar-refractivity contribution in [3.63, 3.8) is 0 Å². The molecule has 0 unspecified atom stereocenters. The molecule has 2 N–H and O–H groups in total. The van der Waals surface area contributed by atoms with Gasteiger partial charge in [-0.25, -0.2) is 4.68 Å². The minimum absolute atomic E-state index is 0.0608. The lowest BCUT2D eigenvalue weighted by Crippen LogP contribution is -2.31. The minimum atomic E-state index is -0.162. The van der Waals surface area contributed by atoms with Crippen molar-refractivity contribution in [3.05, 3.63) is 59.3 Å². The number of carbonyl (C=O) groups is 2. The van der Waals surface area contributed by atoms with Crippen molar-refractivity contribution in [1.82, 2.24) is 15.1 Å². The summed E-state index contributed by atoms with van der Waals surface area (Å²) >= 11 is 1.76. The number of fused-ring (bicyclic) bond motifs is 2. The first-order chi connectivity index (χ1) is 14.7. The molecule has 8 heteroatoms. The van der Waals surface area contributed by atoms with E-state index in [0.717, 1.165) is 39.1 Å². The van der Waals surface area contributed by atoms with E-state index in [4.69, 9.17) is 4.74 Å². The van der Waals surface area contributed by atoms with Gasteiger partial charge in [0.2, 0.25) is 11.8 Å². The van der Waals surface area contributed by atoms with E-state index in [1.165, 1.54) is 0 Å². The van der Waals surface area contributed by atoms with Crippen molar-refractivity contribution in [2.24, 2.45) is 0 Å². The van der Waals surface area contributed by atoms with E-state index in [0.29, 0.717) is 19.0 Å². The molecule has 0 atom stereocenters. The van der Waals surface area contributed by atoms with E-state index in [1.807, 2.05) is 42.5 Å². The second kappa shape index (κ2) is 9.32. The molecule has 2 aromatic carbocycles. The number of aromatic nitrogens is 2. The molecule has 0 bridgehead atoms. The Bertz CT molecular complexity index is 1070. The Morgan fingerprint density at radius 3 is 2.83 bits per heavy atom. The Morgan fingerprint density at radius 2 is 1.97 bits per heavy atom. The van der Waals surface area contributed by atoms with Crippen molar-refractivity contribution < 1.29 is 14.3 Å². The third kappa shape index (κ3) is 4.49. The molecule has 1 aromatic heterocycles. The number of carbonyl (C=O) groups excluding carboxylic acids is 2. The average molecular weight is 425 g/mol. The quantitative estimate of drug-likeness (QED) is 0.543. The number of hydrogen-bond acceptors (Lipinski definition) is 5. The fourth-order valence-electron chi connectivity index (χ4n) is 3.60. The topological polar surface area (TPSA) is 85.2 Å². The van der Waals surface area contributed by atoms with Crippen LogP contribution in [0.1, 0.15) is 16.8 Å². The lowest BCUT2D eigenvalue weighted by atomic mass is 10.0. The van der Waals surface area contributed by atoms with Gasteiger partial charge in [0.15, 0.2) is 0 Å². The van der Waals surface area contributed by atoms with Gasteiger partial charge in [0.1, 0.15) is 12.4 Å². The number of thioether (sulfide) groups is 1. The van der Waals surface area contributed by atoms with Gasteiger partial charge >= 0.3 is 0 Å². The largest absolute Gasteiger partial charge is 0.383 e. The predicted octanol–water partition coefficient (Wildman–Crippen LogP) is 2.73. The minimum Gasteiger partial charge on any atom is -0.383 e. The van der Waals surface area contributed by atoms with Crippen LogP contribution in [0.2, 0.25) is 0 Å². The van der Waals surface area contributed by atoms with E-state index in [-0.39, 0.29) is 24.8 Å². The van der Waals surface area contributed by atoms with Gasteiger partial charge in [0, 0.05) is 30.7 Å². The first-order valence-electron chi connectivity index (χ1n) is 9.84. The summed E-state index contributed by atoms with van der Waals surface area (Å²) in [5.41, 5.74) is 2.92. The second-order valence-corrected chi connectivity index (χ2v) is 8.12. The molecule has 4 rings (SSSR count). The lowest BCUT2D eigenvalue weighted by molar-refractivity contribution is -0.122. The summed E-state index contributed by atoms with van der Waals surface area (Å²) in [5, 5.41) is 12.6. The van der Waals surface area contributed by atoms with Gasteiger partial charge in [-0.2, -0.15) is 16.9 Å². The highest BCUT2D eigenvalue weighted by Gasteiger charge is 2.25. The molecule has 0 saturated carbocycles. The number of rotatable bonds is 8. The normalized spacial score (nSPS) is 12.7. The third-order valence-corrected chi connectivity index (χ3v) is 6.00. The van der Waals surface area contributed by atoms with Crippen molar-refractivity contribution in [2.75, 3.05) is 25.6 Å². The summed E-state index contributed by atoms with van der Waals surface area (Å²) < 4.78 is 6.56. The molecule has 0 saturated heterocycles. The molecular weight excluding hydrogens is 400 g/mol. The Kier molecular flexibility index (Phi) is 6.35. The van der Waals surface area contributed by atoms with Gasteiger partial charge in [-0.15, -0.1) is 0 Å². The number of amides is 2. The zero-order valence-corrected chi connectivity index (χ0v) is 17.6. The van der Waals surface area contributed by atoms with Crippen LogP contribution in [0.4, 0.5) is 5.82 Å². The number of methoxy groups -OCH3 is 1. The Morgan fingerprint density at radius 1 is 1.13 bits per heavy atom. The molecule has 3 aromatic rings. The monoisotopic (exact) mass is 424 g/mol. The first-order valence-corrected chi connectivity index (χ1v) is 11.0. The van der Waals surface area contributed by atoms with Gasteiger partial charge in [-0.3, -0.25) is 9.59 Å². The van der Waals surface area contributed by atoms with E-state index in [2.05, 4.69) is 15.7 Å². The number of hydrogen-bond donors (Lipinski definition) is 2. The third-order valence-electron chi connectivity index (χ3n) is 5.03. The summed E-state index contributed by atoms with van der Waals surface area (Å²) in [7, 11) is 1.59. The fourth-order valence-corrected chi connectivity index (χ4v) is 4.64. The maximum Gasteiger partial charge on any atom is 0.241 e. The Balaban J connectivity index is 1.50. The molecule has 2 amide bonds. The number of anilines is 1. The molecule has 1 aliphatic rings. The van der Waals surface area contributed by atoms with Gasteiger partial charge in [0.25, 0.3) is 0 Å². The second-order valence-electron chi connectivity index (χ2n) is 7.13. The van der Waals surface area contributed by atoms with Crippen molar-refractivity contribution in [1.29, 1.82) is 0 Å². The van der Waals surface area contributed by atoms with Crippen molar-refractivity contribution >= 4 is 40.2 Å². The van der Waals surface area contributed by atoms with E-state index >= 15 is 0 Å². The van der Waals surface area contributed by atoms with E-state index in [9.17, 15) is 9.59 Å². The summed E-state index contributed by atoms with van der Waals surface area (Å²) in [5.74, 6) is 1.92. The number of benzene rings is 2. The summed E-state index contributed by atoms with van der Waals surface area (Å²) in [6.45, 7) is 0.951. The molecule has 30 heavy (non-hydrogen) atoms. The molecule has 1 aliphatic heterocycles. The van der Waals surface area contributed by atoms with Crippen molar-refractivity contribution in [3.8, 4) is 0 Å². The number of ether oxygens (including phenoxy) is 1. The number of nitrogens with one attached hydrogen (secondary N) is 2. The van der Waals surface area contributed by atoms with E-state index in [1.54, 1.807) is 23.6 Å². The molecule has 0 spiro atoms. The van der Waals surface area contributed by atoms with Crippen LogP contribution in [-0.2, 0) is 38.8 Å². The van der Waals surface area contributed by atoms with Gasteiger partial charge in [-0.1, -0.05) is 42.5 Å². The fraction of sp³-hybridized carbons (Fsp3) is 0.318. The maximum absolute atomic E-state index is 12.9. The molecule has 0 aliphatic carbocycles. The standard InChI is InChI=1S/C22H24N4O3S/c1-29-10-9-23-21(28)12-26-22(18-13-30-14-19(18)25-26)24-20(27)11-16-7-4-6-15-5-2-3-8-17(15)16/h2-8H,9-14H2,1H3,(H,23,28)(H,24,27). The van der Waals surface area contributed by atoms with Gasteiger partial charge in [-0.05, 0) is 16.3 Å². The van der Waals surface area contributed by atoms with Crippen LogP contribution in [0, 0.1) is 0 Å². The van der Waals surface area contributed by atoms with Crippen LogP contribution in [-0.4, -0.2) is 41.9 Å². The molecule has 0 fully saturated rings. The Labute approximate surface area is 179 Å². The highest BCUT2D eigenvalue weighted by molar-refractivity contribution is 7.98. The Hall–Kier alpha value is -2.84. The summed E-state index contributed by atoms with van der Waals surface area (Å²) in [6, 6.07) is 14.0. The highest BCUT2D eigenvalue weighted by Crippen LogP contribution is 2.34. The van der Waals surface area contributed by atoms with Crippen LogP contribution in [0.3, 0.4) is 0 Å². The predicted molar refractivity (Wildman–Crippen MR) is 118 cm³/mol. The molecular formula is C22H24N4O3S. The zero-order valence-electron chi connectivity index (χ0n) is 16.8.